The lowest BCUT2D eigenvalue weighted by molar-refractivity contribution is -0.206. The summed E-state index contributed by atoms with van der Waals surface area (Å²) in [6.07, 6.45) is 1.36. The van der Waals surface area contributed by atoms with Crippen LogP contribution in [0.5, 0.6) is 0 Å². The summed E-state index contributed by atoms with van der Waals surface area (Å²) < 4.78 is 39.4. The van der Waals surface area contributed by atoms with Crippen molar-refractivity contribution in [2.24, 2.45) is 0 Å². The Morgan fingerprint density at radius 3 is 2.24 bits per heavy atom. The Labute approximate surface area is 175 Å². The van der Waals surface area contributed by atoms with E-state index in [2.05, 4.69) is 4.72 Å². The molecule has 1 aliphatic heterocycles. The highest BCUT2D eigenvalue weighted by Crippen LogP contribution is 2.30. The van der Waals surface area contributed by atoms with Crippen molar-refractivity contribution < 1.29 is 22.7 Å². The predicted octanol–water partition coefficient (Wildman–Crippen LogP) is 4.25. The molecule has 8 heteroatoms. The van der Waals surface area contributed by atoms with E-state index in [4.69, 9.17) is 21.1 Å². The molecule has 0 aromatic heterocycles. The summed E-state index contributed by atoms with van der Waals surface area (Å²) in [4.78, 5) is 12.0. The van der Waals surface area contributed by atoms with Crippen molar-refractivity contribution >= 4 is 27.6 Å². The third kappa shape index (κ3) is 5.59. The predicted molar refractivity (Wildman–Crippen MR) is 110 cm³/mol. The number of sulfonamides is 1. The lowest BCUT2D eigenvalue weighted by Crippen LogP contribution is -2.36. The highest BCUT2D eigenvalue weighted by atomic mass is 35.5. The molecule has 1 N–H and O–H groups in total. The Balaban J connectivity index is 1.92. The molecule has 0 saturated carbocycles. The Kier molecular flexibility index (Phi) is 6.03. The van der Waals surface area contributed by atoms with E-state index in [0.717, 1.165) is 5.56 Å². The van der Waals surface area contributed by atoms with E-state index in [-0.39, 0.29) is 11.3 Å². The molecule has 0 spiro atoms. The van der Waals surface area contributed by atoms with Gasteiger partial charge >= 0.3 is 5.97 Å². The van der Waals surface area contributed by atoms with E-state index in [9.17, 15) is 13.2 Å². The molecule has 0 aliphatic carbocycles. The lowest BCUT2D eigenvalue weighted by atomic mass is 10.0. The SMILES string of the molecule is Cc1ccc(S(=O)(=O)NC(CC2=CC(=O)OC(C)(C)O2)c2ccc(Cl)cc2)cc1. The average Bonchev–Trinajstić information content (AvgIpc) is 2.60. The van der Waals surface area contributed by atoms with Crippen molar-refractivity contribution in [3.63, 3.8) is 0 Å². The average molecular weight is 436 g/mol. The third-order valence-electron chi connectivity index (χ3n) is 4.31. The topological polar surface area (TPSA) is 81.7 Å². The minimum Gasteiger partial charge on any atom is -0.457 e. The first-order valence-electron chi connectivity index (χ1n) is 9.01. The molecule has 0 amide bonds. The first kappa shape index (κ1) is 21.4. The Bertz CT molecular complexity index is 1030. The van der Waals surface area contributed by atoms with Crippen LogP contribution in [-0.2, 0) is 24.3 Å². The number of halogens is 1. The summed E-state index contributed by atoms with van der Waals surface area (Å²) in [6, 6.07) is 12.7. The van der Waals surface area contributed by atoms with Crippen molar-refractivity contribution in [1.82, 2.24) is 4.72 Å². The van der Waals surface area contributed by atoms with Crippen LogP contribution < -0.4 is 4.72 Å². The number of esters is 1. The van der Waals surface area contributed by atoms with Crippen LogP contribution in [0, 0.1) is 6.92 Å². The number of hydrogen-bond donors (Lipinski definition) is 1. The molecule has 2 aromatic rings. The van der Waals surface area contributed by atoms with Crippen molar-refractivity contribution in [2.75, 3.05) is 0 Å². The molecule has 0 fully saturated rings. The molecular formula is C21H22ClNO5S. The maximum Gasteiger partial charge on any atom is 0.337 e. The summed E-state index contributed by atoms with van der Waals surface area (Å²) in [6.45, 7) is 5.12. The van der Waals surface area contributed by atoms with E-state index in [1.54, 1.807) is 62.4 Å². The van der Waals surface area contributed by atoms with Gasteiger partial charge in [0, 0.05) is 25.3 Å². The summed E-state index contributed by atoms with van der Waals surface area (Å²) in [5.74, 6) is -1.33. The number of cyclic esters (lactones) is 1. The van der Waals surface area contributed by atoms with E-state index >= 15 is 0 Å². The van der Waals surface area contributed by atoms with Gasteiger partial charge in [-0.25, -0.2) is 17.9 Å². The smallest absolute Gasteiger partial charge is 0.337 e. The van der Waals surface area contributed by atoms with E-state index in [1.165, 1.54) is 6.08 Å². The monoisotopic (exact) mass is 435 g/mol. The Hall–Kier alpha value is -2.35. The molecule has 29 heavy (non-hydrogen) atoms. The Morgan fingerprint density at radius 1 is 1.03 bits per heavy atom. The van der Waals surface area contributed by atoms with Crippen LogP contribution in [0.2, 0.25) is 5.02 Å². The van der Waals surface area contributed by atoms with Crippen LogP contribution in [0.15, 0.2) is 65.3 Å². The highest BCUT2D eigenvalue weighted by Gasteiger charge is 2.32. The van der Waals surface area contributed by atoms with Crippen LogP contribution >= 0.6 is 11.6 Å². The largest absolute Gasteiger partial charge is 0.457 e. The van der Waals surface area contributed by atoms with Gasteiger partial charge in [0.15, 0.2) is 0 Å². The second-order valence-electron chi connectivity index (χ2n) is 7.28. The molecule has 0 saturated heterocycles. The van der Waals surface area contributed by atoms with E-state index in [1.807, 2.05) is 6.92 Å². The zero-order valence-corrected chi connectivity index (χ0v) is 17.9. The first-order valence-corrected chi connectivity index (χ1v) is 10.9. The normalized spacial score (nSPS) is 17.1. The van der Waals surface area contributed by atoms with Crippen molar-refractivity contribution in [2.45, 2.75) is 43.9 Å². The van der Waals surface area contributed by atoms with Crippen molar-refractivity contribution in [1.29, 1.82) is 0 Å². The Morgan fingerprint density at radius 2 is 1.66 bits per heavy atom. The second-order valence-corrected chi connectivity index (χ2v) is 9.43. The van der Waals surface area contributed by atoms with E-state index in [0.29, 0.717) is 16.3 Å². The third-order valence-corrected chi connectivity index (χ3v) is 6.05. The van der Waals surface area contributed by atoms with Gasteiger partial charge in [-0.05, 0) is 36.8 Å². The maximum atomic E-state index is 12.9. The molecule has 1 heterocycles. The quantitative estimate of drug-likeness (QED) is 0.686. The lowest BCUT2D eigenvalue weighted by Gasteiger charge is -2.32. The maximum absolute atomic E-state index is 12.9. The van der Waals surface area contributed by atoms with Gasteiger partial charge in [-0.15, -0.1) is 0 Å². The van der Waals surface area contributed by atoms with Crippen molar-refractivity contribution in [3.05, 3.63) is 76.5 Å². The van der Waals surface area contributed by atoms with Crippen LogP contribution in [0.1, 0.15) is 37.4 Å². The number of nitrogens with one attached hydrogen (secondary N) is 1. The molecule has 2 aromatic carbocycles. The first-order chi connectivity index (χ1) is 13.5. The number of rotatable bonds is 6. The molecule has 0 bridgehead atoms. The van der Waals surface area contributed by atoms with Gasteiger partial charge in [0.25, 0.3) is 0 Å². The fraction of sp³-hybridized carbons (Fsp3) is 0.286. The van der Waals surface area contributed by atoms with Crippen LogP contribution in [0.3, 0.4) is 0 Å². The molecule has 1 aliphatic rings. The molecule has 1 atom stereocenters. The standard InChI is InChI=1S/C21H22ClNO5S/c1-14-4-10-18(11-5-14)29(25,26)23-19(15-6-8-16(22)9-7-15)12-17-13-20(24)28-21(2,3)27-17/h4-11,13,19,23H,12H2,1-3H3. The van der Waals surface area contributed by atoms with Gasteiger partial charge in [0.1, 0.15) is 5.76 Å². The molecule has 0 radical (unpaired) electrons. The summed E-state index contributed by atoms with van der Waals surface area (Å²) in [7, 11) is -3.81. The van der Waals surface area contributed by atoms with Gasteiger partial charge in [-0.1, -0.05) is 41.4 Å². The summed E-state index contributed by atoms with van der Waals surface area (Å²) in [5, 5.41) is 0.534. The molecule has 6 nitrogen and oxygen atoms in total. The second kappa shape index (κ2) is 8.18. The van der Waals surface area contributed by atoms with Gasteiger partial charge in [-0.3, -0.25) is 0 Å². The zero-order chi connectivity index (χ0) is 21.2. The van der Waals surface area contributed by atoms with Gasteiger partial charge in [0.2, 0.25) is 15.8 Å². The van der Waals surface area contributed by atoms with Crippen LogP contribution in [-0.4, -0.2) is 20.2 Å². The number of ether oxygens (including phenoxy) is 2. The fourth-order valence-electron chi connectivity index (χ4n) is 2.97. The molecule has 154 valence electrons. The van der Waals surface area contributed by atoms with Crippen LogP contribution in [0.25, 0.3) is 0 Å². The number of aryl methyl sites for hydroxylation is 1. The fourth-order valence-corrected chi connectivity index (χ4v) is 4.32. The van der Waals surface area contributed by atoms with Crippen LogP contribution in [0.4, 0.5) is 0 Å². The van der Waals surface area contributed by atoms with Gasteiger partial charge in [-0.2, -0.15) is 0 Å². The molecular weight excluding hydrogens is 414 g/mol. The number of benzene rings is 2. The van der Waals surface area contributed by atoms with Gasteiger partial charge < -0.3 is 9.47 Å². The minimum absolute atomic E-state index is 0.130. The molecule has 3 rings (SSSR count). The highest BCUT2D eigenvalue weighted by molar-refractivity contribution is 7.89. The number of carbonyl (C=O) groups is 1. The number of carbonyl (C=O) groups excluding carboxylic acids is 1. The van der Waals surface area contributed by atoms with Gasteiger partial charge in [0.05, 0.1) is 17.0 Å². The van der Waals surface area contributed by atoms with Crippen molar-refractivity contribution in [3.8, 4) is 0 Å². The minimum atomic E-state index is -3.81. The summed E-state index contributed by atoms with van der Waals surface area (Å²) in [5.41, 5.74) is 1.64. The zero-order valence-electron chi connectivity index (χ0n) is 16.3. The number of hydrogen-bond acceptors (Lipinski definition) is 5. The summed E-state index contributed by atoms with van der Waals surface area (Å²) >= 11 is 5.97. The van der Waals surface area contributed by atoms with E-state index < -0.39 is 27.8 Å². The molecule has 1 unspecified atom stereocenters.